The van der Waals surface area contributed by atoms with E-state index in [9.17, 15) is 9.59 Å². The molecule has 3 aromatic heterocycles. The SMILES string of the molecule is Cc1nn(-c2ccc(=O)[nH]n2)c2c1C(c1ccc(-c3cc(Cl)ccc3Cl)o1)CC(=O)N2. The molecule has 0 saturated heterocycles. The summed E-state index contributed by atoms with van der Waals surface area (Å²) in [6.07, 6.45) is 0.203. The van der Waals surface area contributed by atoms with E-state index in [0.29, 0.717) is 44.5 Å². The van der Waals surface area contributed by atoms with Gasteiger partial charge in [-0.05, 0) is 43.3 Å². The van der Waals surface area contributed by atoms with Crippen LogP contribution in [0.1, 0.15) is 29.4 Å². The van der Waals surface area contributed by atoms with Gasteiger partial charge in [0.2, 0.25) is 5.91 Å². The van der Waals surface area contributed by atoms with Crippen LogP contribution in [0, 0.1) is 6.92 Å². The smallest absolute Gasteiger partial charge is 0.264 e. The summed E-state index contributed by atoms with van der Waals surface area (Å²) >= 11 is 12.4. The first-order chi connectivity index (χ1) is 14.9. The molecule has 0 saturated carbocycles. The molecule has 2 N–H and O–H groups in total. The Hall–Kier alpha value is -3.36. The first-order valence-corrected chi connectivity index (χ1v) is 10.2. The number of hydrogen-bond donors (Lipinski definition) is 2. The van der Waals surface area contributed by atoms with Gasteiger partial charge in [0.05, 0.1) is 16.6 Å². The average Bonchev–Trinajstić information content (AvgIpc) is 3.35. The number of carbonyl (C=O) groups is 1. The zero-order chi connectivity index (χ0) is 21.7. The highest BCUT2D eigenvalue weighted by Gasteiger charge is 2.34. The summed E-state index contributed by atoms with van der Waals surface area (Å²) in [6, 6.07) is 11.7. The van der Waals surface area contributed by atoms with Crippen LogP contribution in [-0.4, -0.2) is 25.9 Å². The number of fused-ring (bicyclic) bond motifs is 1. The Kier molecular flexibility index (Phi) is 4.68. The number of H-pyrrole nitrogens is 1. The number of carbonyl (C=O) groups excluding carboxylic acids is 1. The maximum atomic E-state index is 12.5. The van der Waals surface area contributed by atoms with Crippen LogP contribution in [-0.2, 0) is 4.79 Å². The first kappa shape index (κ1) is 19.6. The van der Waals surface area contributed by atoms with E-state index in [2.05, 4.69) is 20.6 Å². The molecule has 1 unspecified atom stereocenters. The molecule has 0 bridgehead atoms. The molecule has 8 nitrogen and oxygen atoms in total. The highest BCUT2D eigenvalue weighted by Crippen LogP contribution is 2.42. The van der Waals surface area contributed by atoms with Gasteiger partial charge in [0.25, 0.3) is 5.56 Å². The molecule has 4 heterocycles. The number of furan rings is 1. The molecule has 0 aliphatic carbocycles. The first-order valence-electron chi connectivity index (χ1n) is 9.41. The number of nitrogens with zero attached hydrogens (tertiary/aromatic N) is 3. The van der Waals surface area contributed by atoms with Crippen molar-refractivity contribution in [1.82, 2.24) is 20.0 Å². The second-order valence-corrected chi connectivity index (χ2v) is 8.01. The third kappa shape index (κ3) is 3.43. The number of rotatable bonds is 3. The molecular formula is C21H15Cl2N5O3. The maximum absolute atomic E-state index is 12.5. The Bertz CT molecular complexity index is 1370. The summed E-state index contributed by atoms with van der Waals surface area (Å²) < 4.78 is 7.61. The number of nitrogens with one attached hydrogen (secondary N) is 2. The van der Waals surface area contributed by atoms with Crippen LogP contribution >= 0.6 is 23.2 Å². The van der Waals surface area contributed by atoms with E-state index in [1.54, 1.807) is 18.2 Å². The molecule has 4 aromatic rings. The number of halogens is 2. The Morgan fingerprint density at radius 2 is 1.97 bits per heavy atom. The fourth-order valence-corrected chi connectivity index (χ4v) is 4.17. The van der Waals surface area contributed by atoms with E-state index >= 15 is 0 Å². The molecule has 0 spiro atoms. The van der Waals surface area contributed by atoms with Gasteiger partial charge in [0.15, 0.2) is 5.82 Å². The molecule has 1 aliphatic rings. The number of hydrogen-bond acceptors (Lipinski definition) is 5. The third-order valence-electron chi connectivity index (χ3n) is 5.15. The Balaban J connectivity index is 1.60. The fraction of sp³-hybridized carbons (Fsp3) is 0.143. The van der Waals surface area contributed by atoms with Crippen LogP contribution in [0.4, 0.5) is 5.82 Å². The Morgan fingerprint density at radius 1 is 1.13 bits per heavy atom. The number of benzene rings is 1. The van der Waals surface area contributed by atoms with Crippen molar-refractivity contribution in [2.45, 2.75) is 19.3 Å². The zero-order valence-electron chi connectivity index (χ0n) is 16.1. The van der Waals surface area contributed by atoms with Crippen LogP contribution in [0.15, 0.2) is 51.7 Å². The molecule has 1 aromatic carbocycles. The van der Waals surface area contributed by atoms with Gasteiger partial charge in [-0.3, -0.25) is 9.59 Å². The van der Waals surface area contributed by atoms with Crippen molar-refractivity contribution in [3.05, 3.63) is 79.9 Å². The van der Waals surface area contributed by atoms with Crippen molar-refractivity contribution in [3.63, 3.8) is 0 Å². The zero-order valence-corrected chi connectivity index (χ0v) is 17.7. The number of anilines is 1. The van der Waals surface area contributed by atoms with E-state index in [4.69, 9.17) is 27.6 Å². The maximum Gasteiger partial charge on any atom is 0.264 e. The summed E-state index contributed by atoms with van der Waals surface area (Å²) in [5.74, 6) is 1.53. The minimum Gasteiger partial charge on any atom is -0.460 e. The van der Waals surface area contributed by atoms with Gasteiger partial charge in [-0.25, -0.2) is 5.10 Å². The minimum atomic E-state index is -0.341. The summed E-state index contributed by atoms with van der Waals surface area (Å²) in [5, 5.41) is 14.8. The topological polar surface area (TPSA) is 106 Å². The number of aromatic nitrogens is 4. The molecular weight excluding hydrogens is 441 g/mol. The molecule has 1 aliphatic heterocycles. The lowest BCUT2D eigenvalue weighted by atomic mass is 9.90. The van der Waals surface area contributed by atoms with Gasteiger partial charge in [-0.1, -0.05) is 23.2 Å². The van der Waals surface area contributed by atoms with E-state index in [1.165, 1.54) is 16.8 Å². The van der Waals surface area contributed by atoms with Gasteiger partial charge < -0.3 is 9.73 Å². The number of aryl methyl sites for hydroxylation is 1. The van der Waals surface area contributed by atoms with Crippen molar-refractivity contribution < 1.29 is 9.21 Å². The van der Waals surface area contributed by atoms with Gasteiger partial charge in [-0.2, -0.15) is 14.9 Å². The monoisotopic (exact) mass is 455 g/mol. The molecule has 0 fully saturated rings. The van der Waals surface area contributed by atoms with E-state index in [0.717, 1.165) is 5.56 Å². The Morgan fingerprint density at radius 3 is 2.74 bits per heavy atom. The van der Waals surface area contributed by atoms with Crippen molar-refractivity contribution in [2.75, 3.05) is 5.32 Å². The average molecular weight is 456 g/mol. The molecule has 0 radical (unpaired) electrons. The molecule has 5 rings (SSSR count). The predicted octanol–water partition coefficient (Wildman–Crippen LogP) is 4.30. The lowest BCUT2D eigenvalue weighted by molar-refractivity contribution is -0.116. The van der Waals surface area contributed by atoms with E-state index in [1.807, 2.05) is 19.1 Å². The molecule has 10 heteroatoms. The standard InChI is InChI=1S/C21H15Cl2N5O3/c1-10-20-13(16-5-4-15(31-16)12-8-11(22)2-3-14(12)23)9-19(30)24-21(20)28(27-10)17-6-7-18(29)26-25-17/h2-8,13H,9H2,1H3,(H,24,30)(H,26,29). The van der Waals surface area contributed by atoms with Crippen LogP contribution < -0.4 is 10.9 Å². The number of amides is 1. The highest BCUT2D eigenvalue weighted by atomic mass is 35.5. The second-order valence-electron chi connectivity index (χ2n) is 7.17. The minimum absolute atomic E-state index is 0.179. The molecule has 156 valence electrons. The van der Waals surface area contributed by atoms with Crippen molar-refractivity contribution in [3.8, 4) is 17.1 Å². The van der Waals surface area contributed by atoms with Gasteiger partial charge in [-0.15, -0.1) is 0 Å². The Labute approximate surface area is 185 Å². The molecule has 31 heavy (non-hydrogen) atoms. The van der Waals surface area contributed by atoms with Crippen LogP contribution in [0.25, 0.3) is 17.1 Å². The van der Waals surface area contributed by atoms with Crippen LogP contribution in [0.5, 0.6) is 0 Å². The summed E-state index contributed by atoms with van der Waals surface area (Å²) in [7, 11) is 0. The van der Waals surface area contributed by atoms with Gasteiger partial charge in [0, 0.05) is 28.6 Å². The lowest BCUT2D eigenvalue weighted by Gasteiger charge is -2.22. The van der Waals surface area contributed by atoms with E-state index < -0.39 is 0 Å². The predicted molar refractivity (Wildman–Crippen MR) is 116 cm³/mol. The largest absolute Gasteiger partial charge is 0.460 e. The fourth-order valence-electron chi connectivity index (χ4n) is 3.78. The van der Waals surface area contributed by atoms with Gasteiger partial charge >= 0.3 is 0 Å². The van der Waals surface area contributed by atoms with Crippen molar-refractivity contribution in [1.29, 1.82) is 0 Å². The van der Waals surface area contributed by atoms with Crippen LogP contribution in [0.3, 0.4) is 0 Å². The summed E-state index contributed by atoms with van der Waals surface area (Å²) in [6.45, 7) is 1.85. The third-order valence-corrected chi connectivity index (χ3v) is 5.71. The highest BCUT2D eigenvalue weighted by molar-refractivity contribution is 6.35. The molecule has 1 atom stereocenters. The summed E-state index contributed by atoms with van der Waals surface area (Å²) in [4.78, 5) is 23.9. The van der Waals surface area contributed by atoms with Crippen molar-refractivity contribution >= 4 is 34.9 Å². The lowest BCUT2D eigenvalue weighted by Crippen LogP contribution is -2.25. The van der Waals surface area contributed by atoms with Crippen LogP contribution in [0.2, 0.25) is 10.0 Å². The van der Waals surface area contributed by atoms with Crippen molar-refractivity contribution in [2.24, 2.45) is 0 Å². The number of aromatic amines is 1. The van der Waals surface area contributed by atoms with E-state index in [-0.39, 0.29) is 23.8 Å². The quantitative estimate of drug-likeness (QED) is 0.478. The second kappa shape index (κ2) is 7.40. The molecule has 1 amide bonds. The van der Waals surface area contributed by atoms with Gasteiger partial charge in [0.1, 0.15) is 17.3 Å². The summed E-state index contributed by atoms with van der Waals surface area (Å²) in [5.41, 5.74) is 1.88. The normalized spacial score (nSPS) is 15.6.